The lowest BCUT2D eigenvalue weighted by Gasteiger charge is -2.27. The summed E-state index contributed by atoms with van der Waals surface area (Å²) in [6, 6.07) is 22.5. The Kier molecular flexibility index (Phi) is 6.01. The molecule has 1 amide bonds. The van der Waals surface area contributed by atoms with E-state index >= 15 is 0 Å². The molecule has 0 spiro atoms. The van der Waals surface area contributed by atoms with Crippen LogP contribution in [-0.2, 0) is 32.6 Å². The Balaban J connectivity index is 1.24. The van der Waals surface area contributed by atoms with Crippen LogP contribution < -0.4 is 5.32 Å². The molecule has 3 heterocycles. The lowest BCUT2D eigenvalue weighted by Crippen LogP contribution is -2.32. The van der Waals surface area contributed by atoms with Gasteiger partial charge in [-0.15, -0.1) is 0 Å². The lowest BCUT2D eigenvalue weighted by atomic mass is 10.0. The number of hydrogen-bond donors (Lipinski definition) is 2. The van der Waals surface area contributed by atoms with Gasteiger partial charge >= 0.3 is 0 Å². The van der Waals surface area contributed by atoms with Crippen molar-refractivity contribution in [2.75, 3.05) is 13.2 Å². The summed E-state index contributed by atoms with van der Waals surface area (Å²) in [6.07, 6.45) is 2.49. The van der Waals surface area contributed by atoms with Gasteiger partial charge in [0.1, 0.15) is 5.58 Å². The molecule has 0 fully saturated rings. The maximum atomic E-state index is 13.4. The highest BCUT2D eigenvalue weighted by atomic mass is 16.3. The molecule has 3 aromatic carbocycles. The maximum Gasteiger partial charge on any atom is 0.272 e. The van der Waals surface area contributed by atoms with Gasteiger partial charge in [-0.25, -0.2) is 0 Å². The van der Waals surface area contributed by atoms with Gasteiger partial charge < -0.3 is 14.8 Å². The van der Waals surface area contributed by atoms with Crippen LogP contribution in [0.25, 0.3) is 21.7 Å². The molecule has 0 bridgehead atoms. The largest absolute Gasteiger partial charge is 0.464 e. The number of rotatable bonds is 7. The topological polar surface area (TPSA) is 83.5 Å². The first-order chi connectivity index (χ1) is 17.7. The summed E-state index contributed by atoms with van der Waals surface area (Å²) in [5.41, 5.74) is 5.53. The molecule has 0 unspecified atom stereocenters. The van der Waals surface area contributed by atoms with Crippen LogP contribution in [0.5, 0.6) is 0 Å². The van der Waals surface area contributed by atoms with Crippen molar-refractivity contribution in [2.24, 2.45) is 0 Å². The molecule has 5 aromatic rings. The van der Waals surface area contributed by atoms with Gasteiger partial charge in [-0.2, -0.15) is 5.10 Å². The first-order valence-corrected chi connectivity index (χ1v) is 12.3. The fourth-order valence-electron chi connectivity index (χ4n) is 5.27. The summed E-state index contributed by atoms with van der Waals surface area (Å²) in [7, 11) is 0. The Bertz CT molecular complexity index is 1550. The number of benzene rings is 3. The Labute approximate surface area is 208 Å². The molecule has 36 heavy (non-hydrogen) atoms. The van der Waals surface area contributed by atoms with Crippen molar-refractivity contribution in [3.8, 4) is 0 Å². The molecular formula is C29H28N4O3. The number of aliphatic hydroxyl groups excluding tert-OH is 1. The summed E-state index contributed by atoms with van der Waals surface area (Å²) in [5.74, 6) is -0.189. The number of para-hydroxylation sites is 1. The standard InChI is InChI=1S/C29H28N4O3/c34-15-14-33-26-11-13-32(18-23-9-4-7-21-12-16-36-28(21)23)19-25(26)27(31-33)29(35)30-17-22-8-3-6-20-5-1-2-10-24(20)22/h1-10,12,16,34H,11,13-15,17-19H2,(H,30,35). The van der Waals surface area contributed by atoms with Gasteiger partial charge in [-0.3, -0.25) is 14.4 Å². The molecule has 0 saturated carbocycles. The minimum atomic E-state index is -0.189. The van der Waals surface area contributed by atoms with Gasteiger partial charge in [0.15, 0.2) is 5.69 Å². The van der Waals surface area contributed by atoms with Crippen LogP contribution >= 0.6 is 0 Å². The Hall–Kier alpha value is -3.94. The molecule has 7 heteroatoms. The quantitative estimate of drug-likeness (QED) is 0.364. The highest BCUT2D eigenvalue weighted by Gasteiger charge is 2.28. The van der Waals surface area contributed by atoms with Crippen molar-refractivity contribution >= 4 is 27.6 Å². The van der Waals surface area contributed by atoms with E-state index in [2.05, 4.69) is 39.6 Å². The van der Waals surface area contributed by atoms with Crippen LogP contribution in [0.3, 0.4) is 0 Å². The zero-order valence-corrected chi connectivity index (χ0v) is 20.0. The average Bonchev–Trinajstić information content (AvgIpc) is 3.53. The third-order valence-electron chi connectivity index (χ3n) is 7.01. The zero-order valence-electron chi connectivity index (χ0n) is 20.0. The van der Waals surface area contributed by atoms with E-state index in [9.17, 15) is 9.90 Å². The number of aliphatic hydroxyl groups is 1. The number of furan rings is 1. The third kappa shape index (κ3) is 4.17. The second-order valence-electron chi connectivity index (χ2n) is 9.26. The number of aromatic nitrogens is 2. The molecule has 182 valence electrons. The van der Waals surface area contributed by atoms with Crippen molar-refractivity contribution in [1.82, 2.24) is 20.0 Å². The number of carbonyl (C=O) groups is 1. The van der Waals surface area contributed by atoms with E-state index in [1.165, 1.54) is 0 Å². The van der Waals surface area contributed by atoms with Crippen molar-refractivity contribution in [1.29, 1.82) is 0 Å². The number of nitrogens with one attached hydrogen (secondary N) is 1. The Morgan fingerprint density at radius 1 is 1.00 bits per heavy atom. The van der Waals surface area contributed by atoms with E-state index in [4.69, 9.17) is 4.42 Å². The fourth-order valence-corrected chi connectivity index (χ4v) is 5.27. The van der Waals surface area contributed by atoms with Crippen LogP contribution in [0.4, 0.5) is 0 Å². The first kappa shape index (κ1) is 22.5. The predicted molar refractivity (Wildman–Crippen MR) is 138 cm³/mol. The van der Waals surface area contributed by atoms with E-state index in [1.807, 2.05) is 42.5 Å². The molecule has 0 radical (unpaired) electrons. The second kappa shape index (κ2) is 9.60. The summed E-state index contributed by atoms with van der Waals surface area (Å²) in [5, 5.41) is 20.7. The number of hydrogen-bond acceptors (Lipinski definition) is 5. The normalized spacial score (nSPS) is 13.8. The van der Waals surface area contributed by atoms with Crippen LogP contribution in [-0.4, -0.2) is 38.8 Å². The molecule has 1 aliphatic heterocycles. The van der Waals surface area contributed by atoms with E-state index < -0.39 is 0 Å². The number of fused-ring (bicyclic) bond motifs is 3. The van der Waals surface area contributed by atoms with Crippen molar-refractivity contribution in [3.63, 3.8) is 0 Å². The molecule has 0 saturated heterocycles. The van der Waals surface area contributed by atoms with Gasteiger partial charge in [0.05, 0.1) is 19.4 Å². The maximum absolute atomic E-state index is 13.4. The Morgan fingerprint density at radius 3 is 2.69 bits per heavy atom. The van der Waals surface area contributed by atoms with Gasteiger partial charge in [0, 0.05) is 54.8 Å². The van der Waals surface area contributed by atoms with Gasteiger partial charge in [0.25, 0.3) is 5.91 Å². The highest BCUT2D eigenvalue weighted by molar-refractivity contribution is 5.94. The number of carbonyl (C=O) groups excluding carboxylic acids is 1. The minimum absolute atomic E-state index is 0.0185. The molecule has 1 aliphatic rings. The lowest BCUT2D eigenvalue weighted by molar-refractivity contribution is 0.0942. The first-order valence-electron chi connectivity index (χ1n) is 12.3. The van der Waals surface area contributed by atoms with Crippen molar-refractivity contribution < 1.29 is 14.3 Å². The summed E-state index contributed by atoms with van der Waals surface area (Å²) in [6.45, 7) is 2.98. The van der Waals surface area contributed by atoms with Crippen LogP contribution in [0.1, 0.15) is 32.9 Å². The second-order valence-corrected chi connectivity index (χ2v) is 9.26. The van der Waals surface area contributed by atoms with E-state index in [0.29, 0.717) is 25.3 Å². The van der Waals surface area contributed by atoms with E-state index in [0.717, 1.165) is 63.6 Å². The highest BCUT2D eigenvalue weighted by Crippen LogP contribution is 2.27. The predicted octanol–water partition coefficient (Wildman–Crippen LogP) is 4.26. The van der Waals surface area contributed by atoms with Gasteiger partial charge in [-0.05, 0) is 22.4 Å². The van der Waals surface area contributed by atoms with Gasteiger partial charge in [0.2, 0.25) is 0 Å². The molecule has 0 aliphatic carbocycles. The SMILES string of the molecule is O=C(NCc1cccc2ccccc12)c1nn(CCO)c2c1CN(Cc1cccc3ccoc13)CC2. The zero-order chi connectivity index (χ0) is 24.5. The van der Waals surface area contributed by atoms with E-state index in [-0.39, 0.29) is 12.5 Å². The monoisotopic (exact) mass is 480 g/mol. The summed E-state index contributed by atoms with van der Waals surface area (Å²) >= 11 is 0. The van der Waals surface area contributed by atoms with Crippen molar-refractivity contribution in [3.05, 3.63) is 101 Å². The third-order valence-corrected chi connectivity index (χ3v) is 7.01. The van der Waals surface area contributed by atoms with E-state index in [1.54, 1.807) is 10.9 Å². The van der Waals surface area contributed by atoms with Crippen LogP contribution in [0.15, 0.2) is 77.4 Å². The smallest absolute Gasteiger partial charge is 0.272 e. The molecule has 0 atom stereocenters. The molecule has 2 aromatic heterocycles. The molecule has 2 N–H and O–H groups in total. The fraction of sp³-hybridized carbons (Fsp3) is 0.241. The number of amides is 1. The molecule has 6 rings (SSSR count). The average molecular weight is 481 g/mol. The molecule has 7 nitrogen and oxygen atoms in total. The minimum Gasteiger partial charge on any atom is -0.464 e. The molecular weight excluding hydrogens is 452 g/mol. The summed E-state index contributed by atoms with van der Waals surface area (Å²) < 4.78 is 7.53. The van der Waals surface area contributed by atoms with Crippen LogP contribution in [0, 0.1) is 0 Å². The van der Waals surface area contributed by atoms with Crippen molar-refractivity contribution in [2.45, 2.75) is 32.6 Å². The summed E-state index contributed by atoms with van der Waals surface area (Å²) in [4.78, 5) is 15.7. The Morgan fingerprint density at radius 2 is 1.81 bits per heavy atom. The van der Waals surface area contributed by atoms with Gasteiger partial charge in [-0.1, -0.05) is 60.7 Å². The number of nitrogens with zero attached hydrogens (tertiary/aromatic N) is 3. The van der Waals surface area contributed by atoms with Crippen LogP contribution in [0.2, 0.25) is 0 Å².